The molecule has 0 bridgehead atoms. The van der Waals surface area contributed by atoms with Crippen molar-refractivity contribution in [3.05, 3.63) is 29.3 Å². The molecule has 0 radical (unpaired) electrons. The van der Waals surface area contributed by atoms with Gasteiger partial charge in [0.05, 0.1) is 19.3 Å². The quantitative estimate of drug-likeness (QED) is 0.847. The third kappa shape index (κ3) is 2.54. The van der Waals surface area contributed by atoms with Crippen molar-refractivity contribution in [2.45, 2.75) is 20.0 Å². The Bertz CT molecular complexity index is 346. The van der Waals surface area contributed by atoms with Gasteiger partial charge in [-0.1, -0.05) is 6.07 Å². The van der Waals surface area contributed by atoms with Gasteiger partial charge in [-0.2, -0.15) is 0 Å². The summed E-state index contributed by atoms with van der Waals surface area (Å²) < 4.78 is 11.2. The van der Waals surface area contributed by atoms with Gasteiger partial charge in [0, 0.05) is 13.1 Å². The van der Waals surface area contributed by atoms with E-state index in [9.17, 15) is 0 Å². The summed E-state index contributed by atoms with van der Waals surface area (Å²) in [6.45, 7) is 7.45. The van der Waals surface area contributed by atoms with Gasteiger partial charge in [0.25, 0.3) is 0 Å². The molecule has 1 heterocycles. The van der Waals surface area contributed by atoms with Gasteiger partial charge >= 0.3 is 0 Å². The van der Waals surface area contributed by atoms with Crippen LogP contribution in [-0.4, -0.2) is 26.3 Å². The van der Waals surface area contributed by atoms with Crippen LogP contribution in [0.3, 0.4) is 0 Å². The number of morpholine rings is 1. The average Bonchev–Trinajstić information content (AvgIpc) is 2.31. The molecule has 0 saturated carbocycles. The topological polar surface area (TPSA) is 30.5 Å². The Balaban J connectivity index is 2.14. The van der Waals surface area contributed by atoms with Crippen LogP contribution in [0.5, 0.6) is 5.75 Å². The van der Waals surface area contributed by atoms with Gasteiger partial charge in [-0.25, -0.2) is 0 Å². The van der Waals surface area contributed by atoms with Crippen LogP contribution in [0.25, 0.3) is 0 Å². The zero-order chi connectivity index (χ0) is 11.4. The molecule has 1 saturated heterocycles. The second kappa shape index (κ2) is 5.32. The fraction of sp³-hybridized carbons (Fsp3) is 0.538. The highest BCUT2D eigenvalue weighted by molar-refractivity contribution is 5.36. The van der Waals surface area contributed by atoms with Gasteiger partial charge in [0.2, 0.25) is 0 Å². The lowest BCUT2D eigenvalue weighted by atomic mass is 10.0. The van der Waals surface area contributed by atoms with Crippen LogP contribution in [0.4, 0.5) is 0 Å². The summed E-state index contributed by atoms with van der Waals surface area (Å²) in [6.07, 6.45) is 0.185. The second-order valence-corrected chi connectivity index (χ2v) is 4.01. The van der Waals surface area contributed by atoms with E-state index in [0.29, 0.717) is 6.61 Å². The predicted molar refractivity (Wildman–Crippen MR) is 63.9 cm³/mol. The molecule has 2 rings (SSSR count). The molecular formula is C13H19NO2. The molecule has 3 heteroatoms. The van der Waals surface area contributed by atoms with Crippen molar-refractivity contribution in [3.63, 3.8) is 0 Å². The van der Waals surface area contributed by atoms with Crippen molar-refractivity contribution < 1.29 is 9.47 Å². The van der Waals surface area contributed by atoms with E-state index in [4.69, 9.17) is 9.47 Å². The maximum Gasteiger partial charge on any atom is 0.119 e. The standard InChI is InChI=1S/C13H19NO2/c1-3-15-11-4-5-12(10(2)8-11)13-9-14-6-7-16-13/h4-5,8,13-14H,3,6-7,9H2,1-2H3. The predicted octanol–water partition coefficient (Wildman–Crippen LogP) is 2.05. The van der Waals surface area contributed by atoms with Gasteiger partial charge in [-0.05, 0) is 37.1 Å². The van der Waals surface area contributed by atoms with Gasteiger partial charge in [-0.3, -0.25) is 0 Å². The summed E-state index contributed by atoms with van der Waals surface area (Å²) in [5.74, 6) is 0.938. The van der Waals surface area contributed by atoms with Crippen LogP contribution in [0.15, 0.2) is 18.2 Å². The Labute approximate surface area is 96.8 Å². The zero-order valence-electron chi connectivity index (χ0n) is 9.95. The Hall–Kier alpha value is -1.06. The Kier molecular flexibility index (Phi) is 3.80. The SMILES string of the molecule is CCOc1ccc(C2CNCCO2)c(C)c1. The van der Waals surface area contributed by atoms with Crippen molar-refractivity contribution in [3.8, 4) is 5.75 Å². The monoisotopic (exact) mass is 221 g/mol. The van der Waals surface area contributed by atoms with E-state index in [2.05, 4.69) is 24.4 Å². The molecule has 88 valence electrons. The highest BCUT2D eigenvalue weighted by atomic mass is 16.5. The van der Waals surface area contributed by atoms with Gasteiger partial charge in [0.1, 0.15) is 5.75 Å². The Morgan fingerprint density at radius 2 is 2.38 bits per heavy atom. The minimum atomic E-state index is 0.185. The molecule has 1 aliphatic rings. The number of hydrogen-bond acceptors (Lipinski definition) is 3. The van der Waals surface area contributed by atoms with Crippen molar-refractivity contribution in [2.75, 3.05) is 26.3 Å². The van der Waals surface area contributed by atoms with Crippen molar-refractivity contribution >= 4 is 0 Å². The Morgan fingerprint density at radius 1 is 1.50 bits per heavy atom. The number of nitrogens with one attached hydrogen (secondary N) is 1. The summed E-state index contributed by atoms with van der Waals surface area (Å²) in [6, 6.07) is 6.21. The second-order valence-electron chi connectivity index (χ2n) is 4.01. The minimum Gasteiger partial charge on any atom is -0.494 e. The summed E-state index contributed by atoms with van der Waals surface area (Å²) in [7, 11) is 0. The first kappa shape index (κ1) is 11.4. The summed E-state index contributed by atoms with van der Waals surface area (Å²) >= 11 is 0. The number of hydrogen-bond donors (Lipinski definition) is 1. The van der Waals surface area contributed by atoms with Crippen LogP contribution < -0.4 is 10.1 Å². The third-order valence-electron chi connectivity index (χ3n) is 2.83. The summed E-state index contributed by atoms with van der Waals surface area (Å²) in [5.41, 5.74) is 2.50. The highest BCUT2D eigenvalue weighted by Gasteiger charge is 2.17. The molecule has 0 aromatic heterocycles. The number of aryl methyl sites for hydroxylation is 1. The van der Waals surface area contributed by atoms with Gasteiger partial charge in [0.15, 0.2) is 0 Å². The smallest absolute Gasteiger partial charge is 0.119 e. The lowest BCUT2D eigenvalue weighted by molar-refractivity contribution is 0.0273. The summed E-state index contributed by atoms with van der Waals surface area (Å²) in [5, 5.41) is 3.34. The maximum absolute atomic E-state index is 5.74. The number of rotatable bonds is 3. The first-order chi connectivity index (χ1) is 7.81. The van der Waals surface area contributed by atoms with E-state index < -0.39 is 0 Å². The van der Waals surface area contributed by atoms with Crippen LogP contribution >= 0.6 is 0 Å². The first-order valence-corrected chi connectivity index (χ1v) is 5.87. The molecule has 0 spiro atoms. The van der Waals surface area contributed by atoms with E-state index in [-0.39, 0.29) is 6.10 Å². The number of benzene rings is 1. The van der Waals surface area contributed by atoms with Gasteiger partial charge in [-0.15, -0.1) is 0 Å². The fourth-order valence-electron chi connectivity index (χ4n) is 2.03. The van der Waals surface area contributed by atoms with E-state index in [1.165, 1.54) is 11.1 Å². The lowest BCUT2D eigenvalue weighted by Crippen LogP contribution is -2.33. The van der Waals surface area contributed by atoms with Crippen molar-refractivity contribution in [1.29, 1.82) is 0 Å². The zero-order valence-corrected chi connectivity index (χ0v) is 9.95. The molecule has 1 unspecified atom stereocenters. The molecule has 1 atom stereocenters. The van der Waals surface area contributed by atoms with Crippen LogP contribution in [0.1, 0.15) is 24.2 Å². The molecule has 1 aromatic rings. The van der Waals surface area contributed by atoms with Crippen molar-refractivity contribution in [2.24, 2.45) is 0 Å². The molecule has 16 heavy (non-hydrogen) atoms. The molecular weight excluding hydrogens is 202 g/mol. The van der Waals surface area contributed by atoms with E-state index in [1.54, 1.807) is 0 Å². The largest absolute Gasteiger partial charge is 0.494 e. The minimum absolute atomic E-state index is 0.185. The molecule has 1 fully saturated rings. The van der Waals surface area contributed by atoms with Gasteiger partial charge < -0.3 is 14.8 Å². The van der Waals surface area contributed by atoms with Crippen LogP contribution in [0.2, 0.25) is 0 Å². The molecule has 1 aliphatic heterocycles. The summed E-state index contributed by atoms with van der Waals surface area (Å²) in [4.78, 5) is 0. The fourth-order valence-corrected chi connectivity index (χ4v) is 2.03. The maximum atomic E-state index is 5.74. The van der Waals surface area contributed by atoms with Crippen LogP contribution in [-0.2, 0) is 4.74 Å². The molecule has 1 aromatic carbocycles. The van der Waals surface area contributed by atoms with E-state index in [0.717, 1.165) is 25.4 Å². The third-order valence-corrected chi connectivity index (χ3v) is 2.83. The average molecular weight is 221 g/mol. The van der Waals surface area contributed by atoms with Crippen molar-refractivity contribution in [1.82, 2.24) is 5.32 Å². The van der Waals surface area contributed by atoms with E-state index in [1.807, 2.05) is 13.0 Å². The molecule has 1 N–H and O–H groups in total. The molecule has 3 nitrogen and oxygen atoms in total. The van der Waals surface area contributed by atoms with Crippen LogP contribution in [0, 0.1) is 6.92 Å². The molecule has 0 aliphatic carbocycles. The number of ether oxygens (including phenoxy) is 2. The van der Waals surface area contributed by atoms with E-state index >= 15 is 0 Å². The highest BCUT2D eigenvalue weighted by Crippen LogP contribution is 2.25. The lowest BCUT2D eigenvalue weighted by Gasteiger charge is -2.25. The molecule has 0 amide bonds. The normalized spacial score (nSPS) is 20.8. The Morgan fingerprint density at radius 3 is 3.00 bits per heavy atom. The first-order valence-electron chi connectivity index (χ1n) is 5.87.